The first-order valence-corrected chi connectivity index (χ1v) is 4.58. The van der Waals surface area contributed by atoms with Gasteiger partial charge in [0.2, 0.25) is 0 Å². The Kier molecular flexibility index (Phi) is 3.16. The molecule has 0 saturated heterocycles. The number of aryl methyl sites for hydroxylation is 1. The largest absolute Gasteiger partial charge is 0.496 e. The van der Waals surface area contributed by atoms with E-state index in [0.717, 1.165) is 11.6 Å². The molecule has 88 valence electrons. The second-order valence-corrected chi connectivity index (χ2v) is 3.47. The first kappa shape index (κ1) is 12.4. The van der Waals surface area contributed by atoms with Crippen molar-refractivity contribution in [2.45, 2.75) is 19.8 Å². The number of benzene rings is 1. The molecule has 1 N–H and O–H groups in total. The zero-order chi connectivity index (χ0) is 12.5. The molecule has 0 radical (unpaired) electrons. The maximum absolute atomic E-state index is 13.4. The molecule has 0 amide bonds. The first-order chi connectivity index (χ1) is 7.32. The third-order valence-electron chi connectivity index (χ3n) is 2.49. The van der Waals surface area contributed by atoms with Crippen LogP contribution in [0.25, 0.3) is 0 Å². The fraction of sp³-hybridized carbons (Fsp3) is 0.364. The molecule has 0 heterocycles. The third kappa shape index (κ3) is 1.85. The van der Waals surface area contributed by atoms with Gasteiger partial charge in [0.05, 0.1) is 12.7 Å². The zero-order valence-electron chi connectivity index (χ0n) is 9.17. The van der Waals surface area contributed by atoms with E-state index in [4.69, 9.17) is 9.84 Å². The summed E-state index contributed by atoms with van der Waals surface area (Å²) < 4.78 is 31.6. The molecule has 5 heteroatoms. The molecular weight excluding hydrogens is 218 g/mol. The van der Waals surface area contributed by atoms with Crippen LogP contribution >= 0.6 is 0 Å². The Hall–Kier alpha value is -1.65. The molecule has 0 unspecified atom stereocenters. The van der Waals surface area contributed by atoms with Crippen LogP contribution in [0.2, 0.25) is 0 Å². The molecule has 0 fully saturated rings. The van der Waals surface area contributed by atoms with Gasteiger partial charge in [-0.1, -0.05) is 6.07 Å². The van der Waals surface area contributed by atoms with Crippen LogP contribution in [0.5, 0.6) is 5.75 Å². The molecule has 0 spiro atoms. The van der Waals surface area contributed by atoms with Crippen LogP contribution in [0.1, 0.15) is 16.7 Å². The number of alkyl halides is 2. The van der Waals surface area contributed by atoms with Gasteiger partial charge in [0.1, 0.15) is 5.75 Å². The van der Waals surface area contributed by atoms with Crippen molar-refractivity contribution < 1.29 is 23.4 Å². The van der Waals surface area contributed by atoms with Gasteiger partial charge < -0.3 is 9.84 Å². The summed E-state index contributed by atoms with van der Waals surface area (Å²) in [4.78, 5) is 10.5. The van der Waals surface area contributed by atoms with E-state index < -0.39 is 17.5 Å². The monoisotopic (exact) mass is 230 g/mol. The number of carboxylic acids is 1. The van der Waals surface area contributed by atoms with Gasteiger partial charge in [-0.3, -0.25) is 0 Å². The number of methoxy groups -OCH3 is 1. The zero-order valence-corrected chi connectivity index (χ0v) is 9.17. The summed E-state index contributed by atoms with van der Waals surface area (Å²) in [6.45, 7) is 3.34. The van der Waals surface area contributed by atoms with Gasteiger partial charge in [-0.05, 0) is 31.0 Å². The Labute approximate surface area is 91.7 Å². The minimum atomic E-state index is -3.94. The van der Waals surface area contributed by atoms with Crippen LogP contribution in [0, 0.1) is 13.8 Å². The topological polar surface area (TPSA) is 46.5 Å². The lowest BCUT2D eigenvalue weighted by atomic mass is 10.00. The summed E-state index contributed by atoms with van der Waals surface area (Å²) in [7, 11) is 1.24. The molecular formula is C11H12F2O3. The smallest absolute Gasteiger partial charge is 0.379 e. The molecule has 0 saturated carbocycles. The summed E-state index contributed by atoms with van der Waals surface area (Å²) in [5.41, 5.74) is 0.660. The van der Waals surface area contributed by atoms with Gasteiger partial charge in [0, 0.05) is 0 Å². The minimum absolute atomic E-state index is 0.0765. The fourth-order valence-corrected chi connectivity index (χ4v) is 1.42. The Morgan fingerprint density at radius 3 is 2.38 bits per heavy atom. The van der Waals surface area contributed by atoms with Crippen molar-refractivity contribution in [3.63, 3.8) is 0 Å². The van der Waals surface area contributed by atoms with Gasteiger partial charge >= 0.3 is 11.9 Å². The van der Waals surface area contributed by atoms with E-state index in [0.29, 0.717) is 5.56 Å². The lowest BCUT2D eigenvalue weighted by molar-refractivity contribution is -0.166. The summed E-state index contributed by atoms with van der Waals surface area (Å²) in [5, 5.41) is 8.47. The number of hydrogen-bond donors (Lipinski definition) is 1. The maximum atomic E-state index is 13.4. The molecule has 0 aliphatic rings. The molecule has 1 aromatic rings. The van der Waals surface area contributed by atoms with Crippen molar-refractivity contribution in [3.05, 3.63) is 28.8 Å². The Bertz CT molecular complexity index is 427. The molecule has 0 atom stereocenters. The highest BCUT2D eigenvalue weighted by atomic mass is 19.3. The van der Waals surface area contributed by atoms with Crippen LogP contribution in [0.3, 0.4) is 0 Å². The number of carboxylic acid groups (broad SMARTS) is 1. The van der Waals surface area contributed by atoms with Crippen LogP contribution < -0.4 is 4.74 Å². The van der Waals surface area contributed by atoms with E-state index in [1.165, 1.54) is 13.2 Å². The number of carbonyl (C=O) groups is 1. The highest BCUT2D eigenvalue weighted by molar-refractivity contribution is 5.78. The molecule has 0 bridgehead atoms. The molecule has 0 aliphatic carbocycles. The standard InChI is InChI=1S/C11H12F2O3/c1-6-4-5-8(9(16-3)7(6)2)11(12,13)10(14)15/h4-5H,1-3H3,(H,14,15). The fourth-order valence-electron chi connectivity index (χ4n) is 1.42. The Morgan fingerprint density at radius 1 is 1.38 bits per heavy atom. The van der Waals surface area contributed by atoms with Gasteiger partial charge in [0.15, 0.2) is 0 Å². The van der Waals surface area contributed by atoms with E-state index in [2.05, 4.69) is 0 Å². The molecule has 16 heavy (non-hydrogen) atoms. The van der Waals surface area contributed by atoms with E-state index >= 15 is 0 Å². The summed E-state index contributed by atoms with van der Waals surface area (Å²) in [6, 6.07) is 2.53. The van der Waals surface area contributed by atoms with Crippen molar-refractivity contribution >= 4 is 5.97 Å². The van der Waals surface area contributed by atoms with Gasteiger partial charge in [0.25, 0.3) is 0 Å². The van der Waals surface area contributed by atoms with Crippen molar-refractivity contribution in [3.8, 4) is 5.75 Å². The predicted octanol–water partition coefficient (Wildman–Crippen LogP) is 2.49. The number of aliphatic carboxylic acids is 1. The van der Waals surface area contributed by atoms with Crippen molar-refractivity contribution in [1.82, 2.24) is 0 Å². The van der Waals surface area contributed by atoms with Crippen LogP contribution in [-0.4, -0.2) is 18.2 Å². The molecule has 0 aromatic heterocycles. The quantitative estimate of drug-likeness (QED) is 0.867. The summed E-state index contributed by atoms with van der Waals surface area (Å²) in [6.07, 6.45) is 0. The van der Waals surface area contributed by atoms with E-state index in [-0.39, 0.29) is 5.75 Å². The number of ether oxygens (including phenoxy) is 1. The van der Waals surface area contributed by atoms with Crippen LogP contribution in [0.4, 0.5) is 8.78 Å². The lowest BCUT2D eigenvalue weighted by Gasteiger charge is -2.18. The van der Waals surface area contributed by atoms with Gasteiger partial charge in [-0.15, -0.1) is 0 Å². The summed E-state index contributed by atoms with van der Waals surface area (Å²) in [5.74, 6) is -6.20. The molecule has 1 aromatic carbocycles. The average molecular weight is 230 g/mol. The SMILES string of the molecule is COc1c(C(F)(F)C(=O)O)ccc(C)c1C. The normalized spacial score (nSPS) is 11.3. The summed E-state index contributed by atoms with van der Waals surface area (Å²) >= 11 is 0. The second-order valence-electron chi connectivity index (χ2n) is 3.47. The van der Waals surface area contributed by atoms with E-state index in [1.54, 1.807) is 13.8 Å². The predicted molar refractivity (Wildman–Crippen MR) is 54.0 cm³/mol. The second kappa shape index (κ2) is 4.08. The van der Waals surface area contributed by atoms with Crippen LogP contribution in [0.15, 0.2) is 12.1 Å². The van der Waals surface area contributed by atoms with Gasteiger partial charge in [-0.25, -0.2) is 4.79 Å². The van der Waals surface area contributed by atoms with E-state index in [9.17, 15) is 13.6 Å². The molecule has 1 rings (SSSR count). The highest BCUT2D eigenvalue weighted by Gasteiger charge is 2.44. The maximum Gasteiger partial charge on any atom is 0.379 e. The minimum Gasteiger partial charge on any atom is -0.496 e. The molecule has 3 nitrogen and oxygen atoms in total. The number of rotatable bonds is 3. The number of hydrogen-bond acceptors (Lipinski definition) is 2. The molecule has 0 aliphatic heterocycles. The van der Waals surface area contributed by atoms with E-state index in [1.807, 2.05) is 0 Å². The van der Waals surface area contributed by atoms with Crippen molar-refractivity contribution in [2.75, 3.05) is 7.11 Å². The van der Waals surface area contributed by atoms with Crippen molar-refractivity contribution in [1.29, 1.82) is 0 Å². The average Bonchev–Trinajstić information content (AvgIpc) is 2.21. The lowest BCUT2D eigenvalue weighted by Crippen LogP contribution is -2.26. The first-order valence-electron chi connectivity index (χ1n) is 4.58. The Balaban J connectivity index is 3.46. The van der Waals surface area contributed by atoms with Crippen LogP contribution in [-0.2, 0) is 10.7 Å². The Morgan fingerprint density at radius 2 is 1.94 bits per heavy atom. The van der Waals surface area contributed by atoms with Gasteiger partial charge in [-0.2, -0.15) is 8.78 Å². The number of halogens is 2. The third-order valence-corrected chi connectivity index (χ3v) is 2.49. The van der Waals surface area contributed by atoms with Crippen molar-refractivity contribution in [2.24, 2.45) is 0 Å². The highest BCUT2D eigenvalue weighted by Crippen LogP contribution is 2.38.